The van der Waals surface area contributed by atoms with E-state index in [0.717, 1.165) is 17.4 Å². The Morgan fingerprint density at radius 3 is 2.85 bits per heavy atom. The summed E-state index contributed by atoms with van der Waals surface area (Å²) in [5.74, 6) is 2.90. The third-order valence-corrected chi connectivity index (χ3v) is 4.19. The Morgan fingerprint density at radius 2 is 2.10 bits per heavy atom. The molecule has 2 unspecified atom stereocenters. The van der Waals surface area contributed by atoms with Crippen LogP contribution >= 0.6 is 0 Å². The minimum atomic E-state index is 0.495. The van der Waals surface area contributed by atoms with Gasteiger partial charge in [-0.05, 0) is 37.3 Å². The molecule has 1 fully saturated rings. The zero-order valence-corrected chi connectivity index (χ0v) is 11.9. The largest absolute Gasteiger partial charge is 0.376 e. The number of benzene rings is 1. The van der Waals surface area contributed by atoms with Gasteiger partial charge < -0.3 is 9.84 Å². The zero-order chi connectivity index (χ0) is 13.8. The molecule has 1 aliphatic rings. The molecule has 106 valence electrons. The maximum atomic E-state index is 5.34. The quantitative estimate of drug-likeness (QED) is 0.893. The number of rotatable bonds is 5. The summed E-state index contributed by atoms with van der Waals surface area (Å²) in [6, 6.07) is 10.1. The maximum absolute atomic E-state index is 5.34. The molecule has 1 aliphatic carbocycles. The van der Waals surface area contributed by atoms with Crippen LogP contribution in [-0.2, 0) is 6.54 Å². The van der Waals surface area contributed by atoms with Crippen molar-refractivity contribution >= 4 is 5.69 Å². The van der Waals surface area contributed by atoms with Gasteiger partial charge in [-0.2, -0.15) is 4.98 Å². The van der Waals surface area contributed by atoms with E-state index in [9.17, 15) is 0 Å². The molecule has 1 heterocycles. The summed E-state index contributed by atoms with van der Waals surface area (Å²) >= 11 is 0. The van der Waals surface area contributed by atoms with Crippen molar-refractivity contribution in [2.24, 2.45) is 5.92 Å². The van der Waals surface area contributed by atoms with E-state index < -0.39 is 0 Å². The Kier molecular flexibility index (Phi) is 4.00. The number of nitrogens with zero attached hydrogens (tertiary/aromatic N) is 2. The van der Waals surface area contributed by atoms with Gasteiger partial charge >= 0.3 is 0 Å². The first-order chi connectivity index (χ1) is 9.85. The van der Waals surface area contributed by atoms with Crippen LogP contribution in [0.4, 0.5) is 5.69 Å². The lowest BCUT2D eigenvalue weighted by Gasteiger charge is -2.04. The summed E-state index contributed by atoms with van der Waals surface area (Å²) in [6.07, 6.45) is 4.97. The first-order valence-electron chi connectivity index (χ1n) is 7.46. The molecule has 1 aromatic carbocycles. The third kappa shape index (κ3) is 3.00. The fourth-order valence-electron chi connectivity index (χ4n) is 2.92. The number of hydrogen-bond donors (Lipinski definition) is 1. The second kappa shape index (κ2) is 6.07. The average Bonchev–Trinajstić information content (AvgIpc) is 3.15. The van der Waals surface area contributed by atoms with Crippen molar-refractivity contribution in [3.05, 3.63) is 42.0 Å². The smallest absolute Gasteiger partial charge is 0.245 e. The summed E-state index contributed by atoms with van der Waals surface area (Å²) in [6.45, 7) is 2.85. The van der Waals surface area contributed by atoms with Gasteiger partial charge in [-0.15, -0.1) is 0 Å². The summed E-state index contributed by atoms with van der Waals surface area (Å²) < 4.78 is 5.34. The van der Waals surface area contributed by atoms with E-state index in [1.807, 2.05) is 30.3 Å². The maximum Gasteiger partial charge on any atom is 0.245 e. The van der Waals surface area contributed by atoms with Gasteiger partial charge in [0.1, 0.15) is 0 Å². The average molecular weight is 271 g/mol. The van der Waals surface area contributed by atoms with Crippen molar-refractivity contribution in [1.82, 2.24) is 10.1 Å². The van der Waals surface area contributed by atoms with E-state index in [1.54, 1.807) is 0 Å². The highest BCUT2D eigenvalue weighted by Crippen LogP contribution is 2.38. The molecule has 4 heteroatoms. The van der Waals surface area contributed by atoms with Gasteiger partial charge in [0.15, 0.2) is 5.82 Å². The first kappa shape index (κ1) is 13.2. The molecule has 1 N–H and O–H groups in total. The molecule has 2 atom stereocenters. The number of anilines is 1. The predicted octanol–water partition coefficient (Wildman–Crippen LogP) is 3.98. The number of para-hydroxylation sites is 1. The molecule has 4 nitrogen and oxygen atoms in total. The van der Waals surface area contributed by atoms with Crippen LogP contribution in [0.3, 0.4) is 0 Å². The molecule has 0 bridgehead atoms. The van der Waals surface area contributed by atoms with Gasteiger partial charge in [0.2, 0.25) is 5.89 Å². The lowest BCUT2D eigenvalue weighted by molar-refractivity contribution is 0.373. The van der Waals surface area contributed by atoms with E-state index in [-0.39, 0.29) is 0 Å². The lowest BCUT2D eigenvalue weighted by atomic mass is 10.0. The molecule has 3 rings (SSSR count). The SMILES string of the molecule is CCC1CCC(c2noc(CNc3ccccc3)n2)C1. The number of aromatic nitrogens is 2. The van der Waals surface area contributed by atoms with Gasteiger partial charge in [-0.25, -0.2) is 0 Å². The van der Waals surface area contributed by atoms with Crippen molar-refractivity contribution < 1.29 is 4.52 Å². The van der Waals surface area contributed by atoms with Gasteiger partial charge in [-0.3, -0.25) is 0 Å². The Morgan fingerprint density at radius 1 is 1.25 bits per heavy atom. The van der Waals surface area contributed by atoms with E-state index in [2.05, 4.69) is 22.4 Å². The van der Waals surface area contributed by atoms with Crippen molar-refractivity contribution in [1.29, 1.82) is 0 Å². The second-order valence-electron chi connectivity index (χ2n) is 5.55. The van der Waals surface area contributed by atoms with Gasteiger partial charge in [0.25, 0.3) is 0 Å². The van der Waals surface area contributed by atoms with Crippen LogP contribution in [0.1, 0.15) is 50.2 Å². The van der Waals surface area contributed by atoms with Crippen molar-refractivity contribution in [3.8, 4) is 0 Å². The van der Waals surface area contributed by atoms with E-state index >= 15 is 0 Å². The Balaban J connectivity index is 1.57. The molecule has 1 aromatic heterocycles. The van der Waals surface area contributed by atoms with Gasteiger partial charge in [0.05, 0.1) is 6.54 Å². The molecule has 2 aromatic rings. The molecule has 20 heavy (non-hydrogen) atoms. The molecule has 0 saturated heterocycles. The standard InChI is InChI=1S/C16H21N3O/c1-2-12-8-9-13(10-12)16-18-15(20-19-16)11-17-14-6-4-3-5-7-14/h3-7,12-13,17H,2,8-11H2,1H3. The van der Waals surface area contributed by atoms with E-state index in [4.69, 9.17) is 4.52 Å². The Bertz CT molecular complexity index is 538. The molecule has 0 aliphatic heterocycles. The van der Waals surface area contributed by atoms with E-state index in [1.165, 1.54) is 25.7 Å². The molecule has 1 saturated carbocycles. The fraction of sp³-hybridized carbons (Fsp3) is 0.500. The monoisotopic (exact) mass is 271 g/mol. The number of nitrogens with one attached hydrogen (secondary N) is 1. The van der Waals surface area contributed by atoms with Crippen molar-refractivity contribution in [2.75, 3.05) is 5.32 Å². The minimum Gasteiger partial charge on any atom is -0.376 e. The van der Waals surface area contributed by atoms with Crippen LogP contribution in [0.25, 0.3) is 0 Å². The Labute approximate surface area is 119 Å². The normalized spacial score (nSPS) is 22.1. The molecule has 0 amide bonds. The highest BCUT2D eigenvalue weighted by molar-refractivity contribution is 5.42. The number of hydrogen-bond acceptors (Lipinski definition) is 4. The molecule has 0 spiro atoms. The van der Waals surface area contributed by atoms with Gasteiger partial charge in [-0.1, -0.05) is 36.7 Å². The third-order valence-electron chi connectivity index (χ3n) is 4.19. The van der Waals surface area contributed by atoms with Crippen LogP contribution in [0, 0.1) is 5.92 Å². The van der Waals surface area contributed by atoms with Crippen LogP contribution in [-0.4, -0.2) is 10.1 Å². The van der Waals surface area contributed by atoms with Crippen molar-refractivity contribution in [2.45, 2.75) is 45.1 Å². The fourth-order valence-corrected chi connectivity index (χ4v) is 2.92. The lowest BCUT2D eigenvalue weighted by Crippen LogP contribution is -2.01. The zero-order valence-electron chi connectivity index (χ0n) is 11.9. The predicted molar refractivity (Wildman–Crippen MR) is 78.4 cm³/mol. The van der Waals surface area contributed by atoms with Gasteiger partial charge in [0, 0.05) is 11.6 Å². The summed E-state index contributed by atoms with van der Waals surface area (Å²) in [5, 5.41) is 7.44. The van der Waals surface area contributed by atoms with Crippen LogP contribution < -0.4 is 5.32 Å². The topological polar surface area (TPSA) is 51.0 Å². The van der Waals surface area contributed by atoms with Crippen LogP contribution in [0.15, 0.2) is 34.9 Å². The highest BCUT2D eigenvalue weighted by Gasteiger charge is 2.28. The van der Waals surface area contributed by atoms with Crippen LogP contribution in [0.5, 0.6) is 0 Å². The summed E-state index contributed by atoms with van der Waals surface area (Å²) in [5.41, 5.74) is 1.07. The molecular weight excluding hydrogens is 250 g/mol. The second-order valence-corrected chi connectivity index (χ2v) is 5.55. The van der Waals surface area contributed by atoms with E-state index in [0.29, 0.717) is 18.4 Å². The Hall–Kier alpha value is -1.84. The first-order valence-corrected chi connectivity index (χ1v) is 7.46. The van der Waals surface area contributed by atoms with Crippen LogP contribution in [0.2, 0.25) is 0 Å². The van der Waals surface area contributed by atoms with Crippen molar-refractivity contribution in [3.63, 3.8) is 0 Å². The minimum absolute atomic E-state index is 0.495. The molecule has 0 radical (unpaired) electrons. The highest BCUT2D eigenvalue weighted by atomic mass is 16.5. The summed E-state index contributed by atoms with van der Waals surface area (Å²) in [7, 11) is 0. The molecular formula is C16H21N3O. The summed E-state index contributed by atoms with van der Waals surface area (Å²) in [4.78, 5) is 4.54.